The minimum Gasteiger partial charge on any atom is -0.493 e. The van der Waals surface area contributed by atoms with Gasteiger partial charge in [-0.1, -0.05) is 12.5 Å². The topological polar surface area (TPSA) is 84.5 Å². The number of rotatable bonds is 4. The predicted octanol–water partition coefficient (Wildman–Crippen LogP) is 2.65. The molecule has 0 unspecified atom stereocenters. The van der Waals surface area contributed by atoms with Crippen molar-refractivity contribution in [1.29, 1.82) is 0 Å². The molecule has 1 saturated heterocycles. The van der Waals surface area contributed by atoms with E-state index in [-0.39, 0.29) is 17.2 Å². The molecule has 2 fully saturated rings. The molecule has 158 valence electrons. The van der Waals surface area contributed by atoms with Crippen LogP contribution in [0.25, 0.3) is 0 Å². The zero-order chi connectivity index (χ0) is 20.6. The fourth-order valence-corrected chi connectivity index (χ4v) is 4.76. The molecule has 0 bridgehead atoms. The Labute approximate surface area is 175 Å². The molecule has 7 nitrogen and oxygen atoms in total. The van der Waals surface area contributed by atoms with Gasteiger partial charge in [0.1, 0.15) is 5.75 Å². The summed E-state index contributed by atoms with van der Waals surface area (Å²) in [5.41, 5.74) is 1.64. The molecule has 1 saturated carbocycles. The van der Waals surface area contributed by atoms with Crippen molar-refractivity contribution in [3.63, 3.8) is 0 Å². The number of benzene rings is 1. The van der Waals surface area contributed by atoms with Gasteiger partial charge >= 0.3 is 0 Å². The highest BCUT2D eigenvalue weighted by Crippen LogP contribution is 2.42. The van der Waals surface area contributed by atoms with Crippen molar-refractivity contribution in [2.45, 2.75) is 44.1 Å². The van der Waals surface area contributed by atoms with Gasteiger partial charge in [-0.2, -0.15) is 0 Å². The fourth-order valence-electron chi connectivity index (χ4n) is 4.76. The Morgan fingerprint density at radius 1 is 1.30 bits per heavy atom. The van der Waals surface area contributed by atoms with Gasteiger partial charge < -0.3 is 19.4 Å². The van der Waals surface area contributed by atoms with Crippen molar-refractivity contribution < 1.29 is 14.3 Å². The Morgan fingerprint density at radius 3 is 2.87 bits per heavy atom. The molecule has 1 aromatic heterocycles. The van der Waals surface area contributed by atoms with Crippen LogP contribution in [0.4, 0.5) is 0 Å². The van der Waals surface area contributed by atoms with Crippen LogP contribution >= 0.6 is 0 Å². The molecule has 3 aliphatic rings. The summed E-state index contributed by atoms with van der Waals surface area (Å²) < 4.78 is 12.3. The third-order valence-corrected chi connectivity index (χ3v) is 6.80. The lowest BCUT2D eigenvalue weighted by molar-refractivity contribution is -0.0936. The van der Waals surface area contributed by atoms with E-state index in [4.69, 9.17) is 9.47 Å². The van der Waals surface area contributed by atoms with Gasteiger partial charge in [-0.3, -0.25) is 9.59 Å². The lowest BCUT2D eigenvalue weighted by Gasteiger charge is -2.45. The Bertz CT molecular complexity index is 990. The maximum absolute atomic E-state index is 12.7. The molecular formula is C23H27N3O4. The summed E-state index contributed by atoms with van der Waals surface area (Å²) in [7, 11) is 0. The normalized spacial score (nSPS) is 20.5. The number of fused-ring (bicyclic) bond motifs is 2. The molecule has 2 aromatic rings. The molecule has 1 spiro atoms. The van der Waals surface area contributed by atoms with Gasteiger partial charge in [-0.15, -0.1) is 0 Å². The largest absolute Gasteiger partial charge is 0.493 e. The lowest BCUT2D eigenvalue weighted by atomic mass is 9.79. The van der Waals surface area contributed by atoms with Crippen LogP contribution < -0.4 is 10.3 Å². The first-order chi connectivity index (χ1) is 14.6. The molecule has 0 radical (unpaired) electrons. The van der Waals surface area contributed by atoms with Crippen LogP contribution in [0.2, 0.25) is 0 Å². The van der Waals surface area contributed by atoms with Crippen molar-refractivity contribution >= 4 is 5.91 Å². The number of nitrogens with zero attached hydrogens (tertiary/aromatic N) is 2. The van der Waals surface area contributed by atoms with E-state index in [1.54, 1.807) is 4.90 Å². The number of carbonyl (C=O) groups is 1. The summed E-state index contributed by atoms with van der Waals surface area (Å²) in [6, 6.07) is 6.37. The molecule has 5 rings (SSSR count). The van der Waals surface area contributed by atoms with Crippen LogP contribution in [0, 0.1) is 5.92 Å². The van der Waals surface area contributed by atoms with Gasteiger partial charge in [-0.05, 0) is 61.3 Å². The highest BCUT2D eigenvalue weighted by molar-refractivity contribution is 5.92. The van der Waals surface area contributed by atoms with Crippen LogP contribution in [-0.2, 0) is 16.8 Å². The SMILES string of the molecule is O=C(c1ncc[nH]c1=O)N1CCC2(CC1)OCCc1cc(OCC3CCC3)ccc12. The third-order valence-electron chi connectivity index (χ3n) is 6.80. The van der Waals surface area contributed by atoms with Gasteiger partial charge in [0.05, 0.1) is 18.8 Å². The number of H-pyrrole nitrogens is 1. The van der Waals surface area contributed by atoms with E-state index in [0.717, 1.165) is 18.8 Å². The number of hydrogen-bond donors (Lipinski definition) is 1. The number of carbonyl (C=O) groups excluding carboxylic acids is 1. The van der Waals surface area contributed by atoms with E-state index in [0.29, 0.717) is 38.5 Å². The quantitative estimate of drug-likeness (QED) is 0.839. The number of amides is 1. The number of ether oxygens (including phenoxy) is 2. The van der Waals surface area contributed by atoms with Gasteiger partial charge in [-0.25, -0.2) is 4.98 Å². The van der Waals surface area contributed by atoms with Gasteiger partial charge in [0.25, 0.3) is 11.5 Å². The first-order valence-electron chi connectivity index (χ1n) is 10.9. The number of piperidine rings is 1. The van der Waals surface area contributed by atoms with Crippen molar-refractivity contribution in [1.82, 2.24) is 14.9 Å². The van der Waals surface area contributed by atoms with E-state index in [9.17, 15) is 9.59 Å². The number of aromatic nitrogens is 2. The van der Waals surface area contributed by atoms with E-state index in [1.165, 1.54) is 42.8 Å². The smallest absolute Gasteiger partial charge is 0.279 e. The van der Waals surface area contributed by atoms with Gasteiger partial charge in [0, 0.05) is 25.5 Å². The highest BCUT2D eigenvalue weighted by Gasteiger charge is 2.42. The zero-order valence-electron chi connectivity index (χ0n) is 17.1. The van der Waals surface area contributed by atoms with Crippen molar-refractivity contribution in [3.05, 3.63) is 57.8 Å². The molecule has 1 aliphatic carbocycles. The summed E-state index contributed by atoms with van der Waals surface area (Å²) >= 11 is 0. The maximum atomic E-state index is 12.7. The molecule has 1 N–H and O–H groups in total. The highest BCUT2D eigenvalue weighted by atomic mass is 16.5. The molecule has 30 heavy (non-hydrogen) atoms. The zero-order valence-corrected chi connectivity index (χ0v) is 17.1. The summed E-state index contributed by atoms with van der Waals surface area (Å²) in [5.74, 6) is 1.34. The number of nitrogens with one attached hydrogen (secondary N) is 1. The average Bonchev–Trinajstić information content (AvgIpc) is 2.73. The minimum absolute atomic E-state index is 0.0494. The number of likely N-dealkylation sites (tertiary alicyclic amines) is 1. The van der Waals surface area contributed by atoms with Crippen LogP contribution in [0.5, 0.6) is 5.75 Å². The van der Waals surface area contributed by atoms with Gasteiger partial charge in [0.2, 0.25) is 0 Å². The Morgan fingerprint density at radius 2 is 2.13 bits per heavy atom. The fraction of sp³-hybridized carbons (Fsp3) is 0.522. The summed E-state index contributed by atoms with van der Waals surface area (Å²) in [5, 5.41) is 0. The summed E-state index contributed by atoms with van der Waals surface area (Å²) in [4.78, 5) is 32.8. The van der Waals surface area contributed by atoms with E-state index >= 15 is 0 Å². The number of hydrogen-bond acceptors (Lipinski definition) is 5. The monoisotopic (exact) mass is 409 g/mol. The van der Waals surface area contributed by atoms with Crippen LogP contribution in [0.1, 0.15) is 53.7 Å². The molecule has 1 aromatic carbocycles. The van der Waals surface area contributed by atoms with E-state index in [2.05, 4.69) is 28.2 Å². The molecule has 7 heteroatoms. The van der Waals surface area contributed by atoms with Crippen molar-refractivity contribution in [2.24, 2.45) is 5.92 Å². The van der Waals surface area contributed by atoms with E-state index in [1.807, 2.05) is 0 Å². The minimum atomic E-state index is -0.448. The van der Waals surface area contributed by atoms with Crippen molar-refractivity contribution in [2.75, 3.05) is 26.3 Å². The molecule has 3 heterocycles. The second kappa shape index (κ2) is 7.87. The van der Waals surface area contributed by atoms with Crippen LogP contribution in [0.15, 0.2) is 35.4 Å². The Balaban J connectivity index is 1.29. The van der Waals surface area contributed by atoms with Crippen molar-refractivity contribution in [3.8, 4) is 5.75 Å². The van der Waals surface area contributed by atoms with Crippen LogP contribution in [-0.4, -0.2) is 47.1 Å². The van der Waals surface area contributed by atoms with E-state index < -0.39 is 5.56 Å². The Kier molecular flexibility index (Phi) is 5.06. The maximum Gasteiger partial charge on any atom is 0.279 e. The summed E-state index contributed by atoms with van der Waals surface area (Å²) in [6.45, 7) is 2.56. The Hall–Kier alpha value is -2.67. The molecule has 0 atom stereocenters. The molecular weight excluding hydrogens is 382 g/mol. The molecule has 2 aliphatic heterocycles. The van der Waals surface area contributed by atoms with Gasteiger partial charge in [0.15, 0.2) is 5.69 Å². The standard InChI is InChI=1S/C23H27N3O4/c27-21-20(24-9-10-25-21)22(28)26-11-7-23(8-12-26)19-5-4-18(14-17(19)6-13-30-23)29-15-16-2-1-3-16/h4-5,9-10,14,16H,1-3,6-8,11-13,15H2,(H,25,27). The summed E-state index contributed by atoms with van der Waals surface area (Å²) in [6.07, 6.45) is 9.04. The third kappa shape index (κ3) is 3.51. The number of aromatic amines is 1. The lowest BCUT2D eigenvalue weighted by Crippen LogP contribution is -2.49. The first-order valence-corrected chi connectivity index (χ1v) is 10.9. The molecule has 1 amide bonds. The first kappa shape index (κ1) is 19.3. The van der Waals surface area contributed by atoms with Crippen LogP contribution in [0.3, 0.4) is 0 Å². The average molecular weight is 409 g/mol. The second-order valence-corrected chi connectivity index (χ2v) is 8.58. The predicted molar refractivity (Wildman–Crippen MR) is 111 cm³/mol. The second-order valence-electron chi connectivity index (χ2n) is 8.58.